The summed E-state index contributed by atoms with van der Waals surface area (Å²) in [5.74, 6) is -0.204. The van der Waals surface area contributed by atoms with Crippen LogP contribution >= 0.6 is 11.6 Å². The van der Waals surface area contributed by atoms with Crippen molar-refractivity contribution < 1.29 is 13.2 Å². The standard InChI is InChI=1S/C23H28ClN3O3S/c24-22-10-9-20(31(29,30)27-13-4-5-14-27)17-21(22)23(28)26-12-6-11-25(15-16-26)18-19-7-2-1-3-8-19/h1-3,7-10,17H,4-6,11-16,18H2. The summed E-state index contributed by atoms with van der Waals surface area (Å²) >= 11 is 6.33. The first kappa shape index (κ1) is 22.3. The fourth-order valence-corrected chi connectivity index (χ4v) is 5.99. The average Bonchev–Trinajstić information content (AvgIpc) is 3.23. The molecule has 0 saturated carbocycles. The van der Waals surface area contributed by atoms with Crippen molar-refractivity contribution in [3.05, 3.63) is 64.7 Å². The molecule has 1 amide bonds. The summed E-state index contributed by atoms with van der Waals surface area (Å²) < 4.78 is 27.3. The molecule has 0 unspecified atom stereocenters. The number of hydrogen-bond acceptors (Lipinski definition) is 4. The van der Waals surface area contributed by atoms with Gasteiger partial charge in [0.05, 0.1) is 15.5 Å². The predicted molar refractivity (Wildman–Crippen MR) is 122 cm³/mol. The molecule has 2 fully saturated rings. The number of sulfonamides is 1. The summed E-state index contributed by atoms with van der Waals surface area (Å²) in [6.45, 7) is 4.80. The van der Waals surface area contributed by atoms with E-state index in [-0.39, 0.29) is 21.4 Å². The third-order valence-electron chi connectivity index (χ3n) is 6.00. The highest BCUT2D eigenvalue weighted by Gasteiger charge is 2.29. The van der Waals surface area contributed by atoms with Crippen LogP contribution in [0.5, 0.6) is 0 Å². The zero-order valence-electron chi connectivity index (χ0n) is 17.5. The van der Waals surface area contributed by atoms with Gasteiger partial charge in [0, 0.05) is 45.8 Å². The van der Waals surface area contributed by atoms with E-state index in [4.69, 9.17) is 11.6 Å². The summed E-state index contributed by atoms with van der Waals surface area (Å²) in [5, 5.41) is 0.288. The van der Waals surface area contributed by atoms with Crippen molar-refractivity contribution in [3.8, 4) is 0 Å². The van der Waals surface area contributed by atoms with Crippen molar-refractivity contribution in [1.29, 1.82) is 0 Å². The van der Waals surface area contributed by atoms with E-state index >= 15 is 0 Å². The van der Waals surface area contributed by atoms with Crippen LogP contribution in [0.1, 0.15) is 35.2 Å². The molecule has 0 bridgehead atoms. The minimum absolute atomic E-state index is 0.141. The molecule has 8 heteroatoms. The van der Waals surface area contributed by atoms with Gasteiger partial charge >= 0.3 is 0 Å². The van der Waals surface area contributed by atoms with Gasteiger partial charge < -0.3 is 4.90 Å². The van der Waals surface area contributed by atoms with E-state index in [1.54, 1.807) is 4.90 Å². The molecule has 166 valence electrons. The Morgan fingerprint density at radius 1 is 0.871 bits per heavy atom. The fraction of sp³-hybridized carbons (Fsp3) is 0.435. The Balaban J connectivity index is 1.47. The van der Waals surface area contributed by atoms with Gasteiger partial charge in [0.1, 0.15) is 0 Å². The van der Waals surface area contributed by atoms with Crippen LogP contribution in [0.4, 0.5) is 0 Å². The Hall–Kier alpha value is -1.93. The number of hydrogen-bond donors (Lipinski definition) is 0. The van der Waals surface area contributed by atoms with Crippen LogP contribution in [0.25, 0.3) is 0 Å². The van der Waals surface area contributed by atoms with Gasteiger partial charge in [0.2, 0.25) is 10.0 Å². The fourth-order valence-electron chi connectivity index (χ4n) is 4.25. The molecular weight excluding hydrogens is 434 g/mol. The summed E-state index contributed by atoms with van der Waals surface area (Å²) in [6.07, 6.45) is 2.60. The number of carbonyl (C=O) groups excluding carboxylic acids is 1. The summed E-state index contributed by atoms with van der Waals surface area (Å²) in [4.78, 5) is 17.5. The lowest BCUT2D eigenvalue weighted by Crippen LogP contribution is -2.35. The summed E-state index contributed by atoms with van der Waals surface area (Å²) in [7, 11) is -3.60. The zero-order chi connectivity index (χ0) is 21.8. The summed E-state index contributed by atoms with van der Waals surface area (Å²) in [5.41, 5.74) is 1.52. The van der Waals surface area contributed by atoms with E-state index in [1.165, 1.54) is 28.1 Å². The number of halogens is 1. The van der Waals surface area contributed by atoms with Gasteiger partial charge in [0.15, 0.2) is 0 Å². The largest absolute Gasteiger partial charge is 0.337 e. The van der Waals surface area contributed by atoms with Crippen molar-refractivity contribution >= 4 is 27.5 Å². The van der Waals surface area contributed by atoms with E-state index < -0.39 is 10.0 Å². The Morgan fingerprint density at radius 3 is 2.35 bits per heavy atom. The van der Waals surface area contributed by atoms with E-state index in [0.717, 1.165) is 38.9 Å². The number of amides is 1. The number of carbonyl (C=O) groups is 1. The van der Waals surface area contributed by atoms with Crippen LogP contribution < -0.4 is 0 Å². The molecule has 31 heavy (non-hydrogen) atoms. The second-order valence-corrected chi connectivity index (χ2v) is 10.5. The molecule has 4 rings (SSSR count). The molecule has 2 saturated heterocycles. The molecular formula is C23H28ClN3O3S. The molecule has 2 aliphatic heterocycles. The highest BCUT2D eigenvalue weighted by atomic mass is 35.5. The number of nitrogens with zero attached hydrogens (tertiary/aromatic N) is 3. The lowest BCUT2D eigenvalue weighted by molar-refractivity contribution is 0.0761. The SMILES string of the molecule is O=C(c1cc(S(=O)(=O)N2CCCC2)ccc1Cl)N1CCCN(Cc2ccccc2)CC1. The first-order chi connectivity index (χ1) is 14.9. The lowest BCUT2D eigenvalue weighted by atomic mass is 10.2. The first-order valence-corrected chi connectivity index (χ1v) is 12.6. The molecule has 0 N–H and O–H groups in total. The molecule has 2 heterocycles. The minimum Gasteiger partial charge on any atom is -0.337 e. The molecule has 0 atom stereocenters. The first-order valence-electron chi connectivity index (χ1n) is 10.8. The maximum Gasteiger partial charge on any atom is 0.255 e. The van der Waals surface area contributed by atoms with Crippen molar-refractivity contribution in [1.82, 2.24) is 14.1 Å². The minimum atomic E-state index is -3.60. The molecule has 0 spiro atoms. The van der Waals surface area contributed by atoms with Crippen LogP contribution in [0.3, 0.4) is 0 Å². The van der Waals surface area contributed by atoms with Crippen molar-refractivity contribution in [2.24, 2.45) is 0 Å². The molecule has 0 radical (unpaired) electrons. The van der Waals surface area contributed by atoms with E-state index in [1.807, 2.05) is 18.2 Å². The van der Waals surface area contributed by atoms with Crippen LogP contribution in [-0.2, 0) is 16.6 Å². The van der Waals surface area contributed by atoms with Gasteiger partial charge in [0.25, 0.3) is 5.91 Å². The highest BCUT2D eigenvalue weighted by molar-refractivity contribution is 7.89. The molecule has 0 aromatic heterocycles. The second kappa shape index (κ2) is 9.69. The van der Waals surface area contributed by atoms with Crippen LogP contribution in [0.15, 0.2) is 53.4 Å². The third-order valence-corrected chi connectivity index (χ3v) is 8.22. The van der Waals surface area contributed by atoms with Gasteiger partial charge in [-0.3, -0.25) is 9.69 Å². The van der Waals surface area contributed by atoms with E-state index in [9.17, 15) is 13.2 Å². The highest BCUT2D eigenvalue weighted by Crippen LogP contribution is 2.26. The zero-order valence-corrected chi connectivity index (χ0v) is 19.1. The number of benzene rings is 2. The molecule has 0 aliphatic carbocycles. The molecule has 2 aliphatic rings. The molecule has 6 nitrogen and oxygen atoms in total. The molecule has 2 aromatic carbocycles. The Morgan fingerprint density at radius 2 is 1.61 bits per heavy atom. The maximum absolute atomic E-state index is 13.3. The second-order valence-electron chi connectivity index (χ2n) is 8.16. The monoisotopic (exact) mass is 461 g/mol. The van der Waals surface area contributed by atoms with Gasteiger partial charge in [-0.15, -0.1) is 0 Å². The Kier molecular flexibility index (Phi) is 6.96. The predicted octanol–water partition coefficient (Wildman–Crippen LogP) is 3.47. The van der Waals surface area contributed by atoms with Crippen LogP contribution in [-0.4, -0.2) is 67.7 Å². The van der Waals surface area contributed by atoms with Crippen LogP contribution in [0.2, 0.25) is 5.02 Å². The Bertz CT molecular complexity index is 1020. The van der Waals surface area contributed by atoms with Gasteiger partial charge in [-0.25, -0.2) is 8.42 Å². The molecule has 2 aromatic rings. The number of rotatable bonds is 5. The third kappa shape index (κ3) is 5.12. The van der Waals surface area contributed by atoms with Crippen LogP contribution in [0, 0.1) is 0 Å². The summed E-state index contributed by atoms with van der Waals surface area (Å²) in [6, 6.07) is 14.8. The van der Waals surface area contributed by atoms with Gasteiger partial charge in [-0.1, -0.05) is 41.9 Å². The average molecular weight is 462 g/mol. The quantitative estimate of drug-likeness (QED) is 0.684. The maximum atomic E-state index is 13.3. The lowest BCUT2D eigenvalue weighted by Gasteiger charge is -2.23. The smallest absolute Gasteiger partial charge is 0.255 e. The van der Waals surface area contributed by atoms with Gasteiger partial charge in [-0.2, -0.15) is 4.31 Å². The van der Waals surface area contributed by atoms with Crippen molar-refractivity contribution in [2.45, 2.75) is 30.7 Å². The van der Waals surface area contributed by atoms with E-state index in [2.05, 4.69) is 17.0 Å². The van der Waals surface area contributed by atoms with Crippen molar-refractivity contribution in [3.63, 3.8) is 0 Å². The van der Waals surface area contributed by atoms with Gasteiger partial charge in [-0.05, 0) is 43.0 Å². The Labute approximate surface area is 189 Å². The normalized spacial score (nSPS) is 18.8. The van der Waals surface area contributed by atoms with E-state index in [0.29, 0.717) is 26.2 Å². The topological polar surface area (TPSA) is 60.9 Å². The van der Waals surface area contributed by atoms with Crippen molar-refractivity contribution in [2.75, 3.05) is 39.3 Å².